The molecule has 2 aromatic rings. The van der Waals surface area contributed by atoms with E-state index in [0.717, 1.165) is 42.8 Å². The number of carboxylic acid groups (broad SMARTS) is 2. The molecule has 0 radical (unpaired) electrons. The van der Waals surface area contributed by atoms with Gasteiger partial charge < -0.3 is 26.6 Å². The van der Waals surface area contributed by atoms with E-state index in [9.17, 15) is 14.4 Å². The Hall–Kier alpha value is -3.69. The Balaban J connectivity index is 1.51. The first kappa shape index (κ1) is 22.0. The van der Waals surface area contributed by atoms with Crippen LogP contribution in [0.3, 0.4) is 0 Å². The molecule has 0 fully saturated rings. The van der Waals surface area contributed by atoms with Crippen LogP contribution in [0.1, 0.15) is 40.7 Å². The molecule has 0 saturated heterocycles. The maximum absolute atomic E-state index is 12.3. The van der Waals surface area contributed by atoms with E-state index in [0.29, 0.717) is 11.5 Å². The van der Waals surface area contributed by atoms with Gasteiger partial charge in [0.1, 0.15) is 11.9 Å². The number of carbonyl (C=O) groups excluding carboxylic acids is 1. The molecule has 10 heteroatoms. The first-order valence-corrected chi connectivity index (χ1v) is 10.0. The second-order valence-corrected chi connectivity index (χ2v) is 7.59. The fraction of sp³-hybridized carbons (Fsp3) is 0.381. The monoisotopic (exact) mass is 427 g/mol. The lowest BCUT2D eigenvalue weighted by Gasteiger charge is -2.25. The van der Waals surface area contributed by atoms with E-state index in [-0.39, 0.29) is 18.8 Å². The van der Waals surface area contributed by atoms with E-state index in [1.165, 1.54) is 0 Å². The summed E-state index contributed by atoms with van der Waals surface area (Å²) in [4.78, 5) is 42.4. The van der Waals surface area contributed by atoms with Crippen molar-refractivity contribution in [2.45, 2.75) is 38.1 Å². The number of nitrogen functional groups attached to an aromatic ring is 1. The average Bonchev–Trinajstić information content (AvgIpc) is 2.75. The van der Waals surface area contributed by atoms with Crippen LogP contribution < -0.4 is 16.4 Å². The lowest BCUT2D eigenvalue weighted by molar-refractivity contribution is -0.140. The van der Waals surface area contributed by atoms with Crippen LogP contribution in [-0.4, -0.2) is 50.6 Å². The number of nitrogens with zero attached hydrogens (tertiary/aromatic N) is 2. The molecule has 0 aliphatic carbocycles. The van der Waals surface area contributed by atoms with Gasteiger partial charge in [0, 0.05) is 30.3 Å². The van der Waals surface area contributed by atoms with E-state index in [1.54, 1.807) is 18.3 Å². The lowest BCUT2D eigenvalue weighted by atomic mass is 9.91. The number of hydrogen-bond acceptors (Lipinski definition) is 7. The van der Waals surface area contributed by atoms with Crippen LogP contribution in [0, 0.1) is 5.92 Å². The van der Waals surface area contributed by atoms with Crippen molar-refractivity contribution in [1.29, 1.82) is 0 Å². The molecule has 1 aromatic carbocycles. The highest BCUT2D eigenvalue weighted by Gasteiger charge is 2.22. The van der Waals surface area contributed by atoms with Gasteiger partial charge in [-0.1, -0.05) is 12.1 Å². The molecule has 31 heavy (non-hydrogen) atoms. The molecule has 0 bridgehead atoms. The summed E-state index contributed by atoms with van der Waals surface area (Å²) >= 11 is 0. The van der Waals surface area contributed by atoms with Crippen molar-refractivity contribution in [3.8, 4) is 0 Å². The summed E-state index contributed by atoms with van der Waals surface area (Å²) in [6, 6.07) is 5.73. The van der Waals surface area contributed by atoms with Crippen LogP contribution in [0.2, 0.25) is 0 Å². The molecule has 2 atom stereocenters. The summed E-state index contributed by atoms with van der Waals surface area (Å²) in [7, 11) is 0. The van der Waals surface area contributed by atoms with Gasteiger partial charge in [0.15, 0.2) is 0 Å². The third-order valence-electron chi connectivity index (χ3n) is 5.26. The maximum atomic E-state index is 12.3. The Kier molecular flexibility index (Phi) is 7.01. The maximum Gasteiger partial charge on any atom is 0.326 e. The average molecular weight is 427 g/mol. The molecule has 10 nitrogen and oxygen atoms in total. The predicted molar refractivity (Wildman–Crippen MR) is 113 cm³/mol. The lowest BCUT2D eigenvalue weighted by Crippen LogP contribution is -2.41. The van der Waals surface area contributed by atoms with Gasteiger partial charge in [0.05, 0.1) is 0 Å². The standard InChI is InChI=1S/C21H25N5O5/c22-21-24-11-15-9-13(10-23-18(15)26-21)2-1-12-3-5-14(6-4-12)19(29)25-16(20(30)31)7-8-17(27)28/h3-6,11,13,16H,1-2,7-10H2,(H,25,29)(H,27,28)(H,30,31)(H3,22,23,24,26)/t13?,16-/m0/s1. The quantitative estimate of drug-likeness (QED) is 0.396. The molecular formula is C21H25N5O5. The Morgan fingerprint density at radius 2 is 1.97 bits per heavy atom. The molecule has 6 N–H and O–H groups in total. The summed E-state index contributed by atoms with van der Waals surface area (Å²) in [5, 5.41) is 23.5. The third kappa shape index (κ3) is 6.14. The molecule has 0 spiro atoms. The number of anilines is 2. The number of aryl methyl sites for hydroxylation is 1. The summed E-state index contributed by atoms with van der Waals surface area (Å²) in [5.41, 5.74) is 8.05. The minimum absolute atomic E-state index is 0.176. The molecule has 1 amide bonds. The Morgan fingerprint density at radius 3 is 2.65 bits per heavy atom. The van der Waals surface area contributed by atoms with Gasteiger partial charge in [-0.25, -0.2) is 9.78 Å². The first-order valence-electron chi connectivity index (χ1n) is 10.0. The zero-order valence-corrected chi connectivity index (χ0v) is 16.9. The number of nitrogens with two attached hydrogens (primary N) is 1. The number of carboxylic acids is 2. The predicted octanol–water partition coefficient (Wildman–Crippen LogP) is 1.32. The van der Waals surface area contributed by atoms with Crippen LogP contribution in [0.5, 0.6) is 0 Å². The Bertz CT molecular complexity index is 963. The highest BCUT2D eigenvalue weighted by molar-refractivity contribution is 5.96. The number of amides is 1. The Labute approximate surface area is 178 Å². The van der Waals surface area contributed by atoms with Crippen LogP contribution >= 0.6 is 0 Å². The second kappa shape index (κ2) is 9.88. The molecule has 1 aromatic heterocycles. The number of nitrogens with one attached hydrogen (secondary N) is 2. The summed E-state index contributed by atoms with van der Waals surface area (Å²) in [6.07, 6.45) is 3.89. The molecule has 1 aliphatic heterocycles. The van der Waals surface area contributed by atoms with Gasteiger partial charge in [-0.05, 0) is 49.3 Å². The number of rotatable bonds is 9. The van der Waals surface area contributed by atoms with E-state index in [1.807, 2.05) is 12.1 Å². The molecule has 0 saturated carbocycles. The SMILES string of the molecule is Nc1ncc2c(n1)NCC(CCc1ccc(C(=O)N[C@@H](CCC(=O)O)C(=O)O)cc1)C2. The molecular weight excluding hydrogens is 402 g/mol. The number of carbonyl (C=O) groups is 3. The van der Waals surface area contributed by atoms with Gasteiger partial charge in [-0.2, -0.15) is 4.98 Å². The molecule has 1 aliphatic rings. The van der Waals surface area contributed by atoms with Gasteiger partial charge >= 0.3 is 11.9 Å². The zero-order valence-electron chi connectivity index (χ0n) is 16.9. The van der Waals surface area contributed by atoms with Crippen molar-refractivity contribution in [3.05, 3.63) is 47.2 Å². The molecule has 3 rings (SSSR count). The van der Waals surface area contributed by atoms with E-state index in [4.69, 9.17) is 15.9 Å². The van der Waals surface area contributed by atoms with Crippen molar-refractivity contribution in [3.63, 3.8) is 0 Å². The molecule has 1 unspecified atom stereocenters. The highest BCUT2D eigenvalue weighted by atomic mass is 16.4. The molecule has 164 valence electrons. The van der Waals surface area contributed by atoms with Crippen LogP contribution in [0.4, 0.5) is 11.8 Å². The highest BCUT2D eigenvalue weighted by Crippen LogP contribution is 2.25. The zero-order chi connectivity index (χ0) is 22.4. The number of aromatic nitrogens is 2. The van der Waals surface area contributed by atoms with E-state index in [2.05, 4.69) is 20.6 Å². The van der Waals surface area contributed by atoms with Crippen molar-refractivity contribution in [1.82, 2.24) is 15.3 Å². The number of fused-ring (bicyclic) bond motifs is 1. The third-order valence-corrected chi connectivity index (χ3v) is 5.26. The van der Waals surface area contributed by atoms with Gasteiger partial charge in [0.2, 0.25) is 5.95 Å². The Morgan fingerprint density at radius 1 is 1.23 bits per heavy atom. The fourth-order valence-corrected chi connectivity index (χ4v) is 3.51. The number of aliphatic carboxylic acids is 2. The van der Waals surface area contributed by atoms with Crippen LogP contribution in [-0.2, 0) is 22.4 Å². The summed E-state index contributed by atoms with van der Waals surface area (Å²) in [6.45, 7) is 0.802. The smallest absolute Gasteiger partial charge is 0.326 e. The second-order valence-electron chi connectivity index (χ2n) is 7.59. The van der Waals surface area contributed by atoms with Crippen LogP contribution in [0.25, 0.3) is 0 Å². The first-order chi connectivity index (χ1) is 14.8. The van der Waals surface area contributed by atoms with Gasteiger partial charge in [0.25, 0.3) is 5.91 Å². The largest absolute Gasteiger partial charge is 0.481 e. The van der Waals surface area contributed by atoms with Gasteiger partial charge in [-0.3, -0.25) is 9.59 Å². The topological polar surface area (TPSA) is 168 Å². The van der Waals surface area contributed by atoms with Gasteiger partial charge in [-0.15, -0.1) is 0 Å². The number of hydrogen-bond donors (Lipinski definition) is 5. The van der Waals surface area contributed by atoms with Crippen molar-refractivity contribution in [2.75, 3.05) is 17.6 Å². The number of benzene rings is 1. The fourth-order valence-electron chi connectivity index (χ4n) is 3.51. The van der Waals surface area contributed by atoms with Crippen molar-refractivity contribution < 1.29 is 24.6 Å². The minimum atomic E-state index is -1.26. The molecule has 2 heterocycles. The minimum Gasteiger partial charge on any atom is -0.481 e. The van der Waals surface area contributed by atoms with E-state index < -0.39 is 23.9 Å². The summed E-state index contributed by atoms with van der Waals surface area (Å²) < 4.78 is 0. The van der Waals surface area contributed by atoms with Crippen molar-refractivity contribution >= 4 is 29.6 Å². The van der Waals surface area contributed by atoms with E-state index >= 15 is 0 Å². The van der Waals surface area contributed by atoms with Crippen molar-refractivity contribution in [2.24, 2.45) is 5.92 Å². The van der Waals surface area contributed by atoms with Crippen LogP contribution in [0.15, 0.2) is 30.5 Å². The summed E-state index contributed by atoms with van der Waals surface area (Å²) in [5.74, 6) is -1.45. The normalized spacial score (nSPS) is 15.9.